The molecule has 0 saturated carbocycles. The highest BCUT2D eigenvalue weighted by Gasteiger charge is 2.13. The third-order valence-electron chi connectivity index (χ3n) is 2.55. The molecule has 84 valence electrons. The highest BCUT2D eigenvalue weighted by atomic mass is 79.9. The van der Waals surface area contributed by atoms with E-state index >= 15 is 0 Å². The van der Waals surface area contributed by atoms with Gasteiger partial charge in [-0.3, -0.25) is 0 Å². The first-order valence-corrected chi connectivity index (χ1v) is 6.42. The second-order valence-electron chi connectivity index (χ2n) is 3.85. The topological polar surface area (TPSA) is 0 Å². The maximum atomic E-state index is 12.9. The van der Waals surface area contributed by atoms with Crippen molar-refractivity contribution in [3.8, 4) is 0 Å². The minimum Gasteiger partial charge on any atom is -0.205 e. The average Bonchev–Trinajstić information content (AvgIpc) is 2.22. The SMILES string of the molecule is CCC(Br)C(C)Cc1ccc(F)c(Cl)c1. The standard InChI is InChI=1S/C12H15BrClF/c1-3-10(13)8(2)6-9-4-5-12(15)11(14)7-9/h4-5,7-8,10H,3,6H2,1-2H3. The van der Waals surface area contributed by atoms with Crippen molar-refractivity contribution in [1.82, 2.24) is 0 Å². The highest BCUT2D eigenvalue weighted by Crippen LogP contribution is 2.23. The molecule has 2 atom stereocenters. The first-order chi connectivity index (χ1) is 7.04. The molecule has 1 rings (SSSR count). The molecular weight excluding hydrogens is 278 g/mol. The first-order valence-electron chi connectivity index (χ1n) is 5.12. The molecule has 0 bridgehead atoms. The van der Waals surface area contributed by atoms with Crippen molar-refractivity contribution in [3.63, 3.8) is 0 Å². The number of hydrogen-bond donors (Lipinski definition) is 0. The number of hydrogen-bond acceptors (Lipinski definition) is 0. The smallest absolute Gasteiger partial charge is 0.141 e. The summed E-state index contributed by atoms with van der Waals surface area (Å²) >= 11 is 9.35. The van der Waals surface area contributed by atoms with Gasteiger partial charge in [0, 0.05) is 4.83 Å². The van der Waals surface area contributed by atoms with Gasteiger partial charge in [0.1, 0.15) is 5.82 Å². The van der Waals surface area contributed by atoms with Crippen LogP contribution < -0.4 is 0 Å². The Bertz CT molecular complexity index is 327. The normalized spacial score (nSPS) is 15.0. The predicted octanol–water partition coefficient (Wildman–Crippen LogP) is 4.83. The van der Waals surface area contributed by atoms with Crippen molar-refractivity contribution in [3.05, 3.63) is 34.6 Å². The summed E-state index contributed by atoms with van der Waals surface area (Å²) < 4.78 is 12.9. The van der Waals surface area contributed by atoms with Crippen LogP contribution in [0.1, 0.15) is 25.8 Å². The van der Waals surface area contributed by atoms with Gasteiger partial charge in [-0.2, -0.15) is 0 Å². The van der Waals surface area contributed by atoms with Crippen LogP contribution in [0.2, 0.25) is 5.02 Å². The van der Waals surface area contributed by atoms with Crippen molar-refractivity contribution in [1.29, 1.82) is 0 Å². The van der Waals surface area contributed by atoms with Gasteiger partial charge in [0.15, 0.2) is 0 Å². The molecule has 0 heterocycles. The van der Waals surface area contributed by atoms with Gasteiger partial charge in [-0.05, 0) is 36.5 Å². The Balaban J connectivity index is 2.68. The van der Waals surface area contributed by atoms with E-state index in [1.54, 1.807) is 12.1 Å². The molecule has 1 aromatic carbocycles. The quantitative estimate of drug-likeness (QED) is 0.697. The maximum Gasteiger partial charge on any atom is 0.141 e. The Morgan fingerprint density at radius 2 is 2.13 bits per heavy atom. The van der Waals surface area contributed by atoms with Crippen LogP contribution in [0.25, 0.3) is 0 Å². The summed E-state index contributed by atoms with van der Waals surface area (Å²) in [5, 5.41) is 0.210. The van der Waals surface area contributed by atoms with E-state index in [0.717, 1.165) is 18.4 Å². The summed E-state index contributed by atoms with van der Waals surface area (Å²) in [6, 6.07) is 4.94. The van der Waals surface area contributed by atoms with Crippen LogP contribution in [0.4, 0.5) is 4.39 Å². The van der Waals surface area contributed by atoms with Crippen LogP contribution in [0, 0.1) is 11.7 Å². The van der Waals surface area contributed by atoms with Crippen molar-refractivity contribution in [2.75, 3.05) is 0 Å². The minimum absolute atomic E-state index is 0.210. The van der Waals surface area contributed by atoms with Crippen LogP contribution in [0.3, 0.4) is 0 Å². The Labute approximate surface area is 104 Å². The lowest BCUT2D eigenvalue weighted by Crippen LogP contribution is -2.12. The Kier molecular flexibility index (Phi) is 5.07. The summed E-state index contributed by atoms with van der Waals surface area (Å²) in [5.74, 6) is 0.176. The largest absolute Gasteiger partial charge is 0.205 e. The van der Waals surface area contributed by atoms with Gasteiger partial charge in [0.25, 0.3) is 0 Å². The van der Waals surface area contributed by atoms with Crippen LogP contribution in [0.15, 0.2) is 18.2 Å². The van der Waals surface area contributed by atoms with Gasteiger partial charge in [-0.1, -0.05) is 47.4 Å². The zero-order valence-electron chi connectivity index (χ0n) is 8.93. The zero-order valence-corrected chi connectivity index (χ0v) is 11.3. The van der Waals surface area contributed by atoms with Gasteiger partial charge in [-0.15, -0.1) is 0 Å². The number of alkyl halides is 1. The van der Waals surface area contributed by atoms with E-state index in [2.05, 4.69) is 29.8 Å². The lowest BCUT2D eigenvalue weighted by molar-refractivity contribution is 0.544. The number of rotatable bonds is 4. The number of halogens is 3. The molecule has 0 aromatic heterocycles. The van der Waals surface area contributed by atoms with Crippen LogP contribution >= 0.6 is 27.5 Å². The van der Waals surface area contributed by atoms with Gasteiger partial charge in [0.05, 0.1) is 5.02 Å². The average molecular weight is 294 g/mol. The first kappa shape index (κ1) is 13.0. The number of benzene rings is 1. The van der Waals surface area contributed by atoms with Crippen LogP contribution in [-0.4, -0.2) is 4.83 Å². The molecule has 3 heteroatoms. The Morgan fingerprint density at radius 3 is 2.67 bits per heavy atom. The summed E-state index contributed by atoms with van der Waals surface area (Å²) in [4.78, 5) is 0.501. The molecule has 0 aliphatic rings. The summed E-state index contributed by atoms with van der Waals surface area (Å²) in [7, 11) is 0. The fraction of sp³-hybridized carbons (Fsp3) is 0.500. The molecule has 0 N–H and O–H groups in total. The second kappa shape index (κ2) is 5.86. The second-order valence-corrected chi connectivity index (χ2v) is 5.44. The molecular formula is C12H15BrClF. The van der Waals surface area contributed by atoms with E-state index < -0.39 is 0 Å². The molecule has 0 fully saturated rings. The third-order valence-corrected chi connectivity index (χ3v) is 4.39. The lowest BCUT2D eigenvalue weighted by atomic mass is 9.97. The molecule has 0 aliphatic carbocycles. The Hall–Kier alpha value is -0.0800. The predicted molar refractivity (Wildman–Crippen MR) is 67.3 cm³/mol. The molecule has 1 aromatic rings. The van der Waals surface area contributed by atoms with E-state index in [4.69, 9.17) is 11.6 Å². The Morgan fingerprint density at radius 1 is 1.47 bits per heavy atom. The molecule has 0 aliphatic heterocycles. The van der Waals surface area contributed by atoms with Crippen molar-refractivity contribution in [2.24, 2.45) is 5.92 Å². The zero-order chi connectivity index (χ0) is 11.4. The molecule has 2 unspecified atom stereocenters. The fourth-order valence-electron chi connectivity index (χ4n) is 1.57. The molecule has 0 spiro atoms. The monoisotopic (exact) mass is 292 g/mol. The van der Waals surface area contributed by atoms with Gasteiger partial charge >= 0.3 is 0 Å². The van der Waals surface area contributed by atoms with Crippen LogP contribution in [-0.2, 0) is 6.42 Å². The van der Waals surface area contributed by atoms with Gasteiger partial charge in [-0.25, -0.2) is 4.39 Å². The van der Waals surface area contributed by atoms with Gasteiger partial charge < -0.3 is 0 Å². The van der Waals surface area contributed by atoms with E-state index in [-0.39, 0.29) is 10.8 Å². The molecule has 0 nitrogen and oxygen atoms in total. The maximum absolute atomic E-state index is 12.9. The highest BCUT2D eigenvalue weighted by molar-refractivity contribution is 9.09. The van der Waals surface area contributed by atoms with E-state index in [1.807, 2.05) is 0 Å². The van der Waals surface area contributed by atoms with Crippen LogP contribution in [0.5, 0.6) is 0 Å². The van der Waals surface area contributed by atoms with Crippen molar-refractivity contribution in [2.45, 2.75) is 31.5 Å². The summed E-state index contributed by atoms with van der Waals surface area (Å²) in [6.07, 6.45) is 2.01. The van der Waals surface area contributed by atoms with E-state index in [9.17, 15) is 4.39 Å². The summed E-state index contributed by atoms with van der Waals surface area (Å²) in [6.45, 7) is 4.33. The third kappa shape index (κ3) is 3.76. The lowest BCUT2D eigenvalue weighted by Gasteiger charge is -2.16. The molecule has 0 saturated heterocycles. The summed E-state index contributed by atoms with van der Waals surface area (Å²) in [5.41, 5.74) is 1.09. The van der Waals surface area contributed by atoms with Crippen molar-refractivity contribution < 1.29 is 4.39 Å². The van der Waals surface area contributed by atoms with Gasteiger partial charge in [0.2, 0.25) is 0 Å². The molecule has 15 heavy (non-hydrogen) atoms. The molecule has 0 amide bonds. The fourth-order valence-corrected chi connectivity index (χ4v) is 1.96. The minimum atomic E-state index is -0.348. The van der Waals surface area contributed by atoms with Crippen molar-refractivity contribution >= 4 is 27.5 Å². The van der Waals surface area contributed by atoms with E-state index in [1.165, 1.54) is 6.07 Å². The van der Waals surface area contributed by atoms with E-state index in [0.29, 0.717) is 10.7 Å². The molecule has 0 radical (unpaired) electrons.